The van der Waals surface area contributed by atoms with Crippen LogP contribution in [-0.4, -0.2) is 23.8 Å². The molecule has 1 heterocycles. The molecule has 0 aromatic heterocycles. The Labute approximate surface area is 74.6 Å². The van der Waals surface area contributed by atoms with Gasteiger partial charge in [-0.25, -0.2) is 4.48 Å². The van der Waals surface area contributed by atoms with E-state index in [4.69, 9.17) is 5.53 Å². The molecule has 1 unspecified atom stereocenters. The molecule has 0 bridgehead atoms. The van der Waals surface area contributed by atoms with E-state index in [-0.39, 0.29) is 13.2 Å². The number of nitrogens with zero attached hydrogens (tertiary/aromatic N) is 4. The molecule has 13 heavy (non-hydrogen) atoms. The number of carbonyl (C=O) groups excluding carboxylic acids is 1. The number of carboxylic acid groups (broad SMARTS) is 1. The van der Waals surface area contributed by atoms with Crippen molar-refractivity contribution in [3.8, 4) is 0 Å². The van der Waals surface area contributed by atoms with Crippen LogP contribution in [-0.2, 0) is 0 Å². The van der Waals surface area contributed by atoms with Crippen molar-refractivity contribution in [3.63, 3.8) is 0 Å². The van der Waals surface area contributed by atoms with E-state index in [2.05, 4.69) is 10.0 Å². The number of allylic oxidation sites excluding steroid dienone is 2. The Balaban J connectivity index is 2.88. The second-order valence-corrected chi connectivity index (χ2v) is 2.62. The molecule has 1 amide bonds. The molecule has 1 aliphatic heterocycles. The Morgan fingerprint density at radius 1 is 1.69 bits per heavy atom. The number of hydrogen-bond donors (Lipinski definition) is 0. The number of quaternary nitrogens is 1. The lowest BCUT2D eigenvalue weighted by molar-refractivity contribution is -0.822. The van der Waals surface area contributed by atoms with Crippen LogP contribution >= 0.6 is 0 Å². The van der Waals surface area contributed by atoms with E-state index >= 15 is 0 Å². The molecule has 0 aromatic carbocycles. The summed E-state index contributed by atoms with van der Waals surface area (Å²) in [4.78, 5) is 13.3. The zero-order chi connectivity index (χ0) is 9.73. The van der Waals surface area contributed by atoms with Crippen molar-refractivity contribution < 1.29 is 14.4 Å². The van der Waals surface area contributed by atoms with Gasteiger partial charge in [-0.1, -0.05) is 6.08 Å². The minimum atomic E-state index is -1.27. The molecule has 0 aliphatic carbocycles. The summed E-state index contributed by atoms with van der Waals surface area (Å²) in [6.07, 6.45) is 5.17. The molecule has 0 radical (unpaired) electrons. The van der Waals surface area contributed by atoms with Gasteiger partial charge < -0.3 is 9.90 Å². The van der Waals surface area contributed by atoms with Crippen LogP contribution in [0.4, 0.5) is 4.79 Å². The average Bonchev–Trinajstić information content (AvgIpc) is 2.16. The van der Waals surface area contributed by atoms with Gasteiger partial charge in [-0.15, -0.1) is 0 Å². The fraction of sp³-hybridized carbons (Fsp3) is 0.286. The third-order valence-corrected chi connectivity index (χ3v) is 1.79. The standard InChI is InChI=1S/C7H8N4O2/c8-10-9-6-11(7(12)13)4-2-1-3-5-11/h1-4H,5-6H2. The minimum Gasteiger partial charge on any atom is -0.498 e. The van der Waals surface area contributed by atoms with Gasteiger partial charge in [0.05, 0.1) is 0 Å². The summed E-state index contributed by atoms with van der Waals surface area (Å²) in [5, 5.41) is 14.0. The Bertz CT molecular complexity index is 316. The lowest BCUT2D eigenvalue weighted by Gasteiger charge is -2.32. The first-order valence-corrected chi connectivity index (χ1v) is 3.65. The van der Waals surface area contributed by atoms with Gasteiger partial charge in [-0.2, -0.15) is 0 Å². The van der Waals surface area contributed by atoms with E-state index in [1.54, 1.807) is 18.2 Å². The zero-order valence-corrected chi connectivity index (χ0v) is 6.83. The maximum Gasteiger partial charge on any atom is 0.262 e. The number of amides is 1. The lowest BCUT2D eigenvalue weighted by Crippen LogP contribution is -2.55. The molecule has 6 heteroatoms. The average molecular weight is 180 g/mol. The van der Waals surface area contributed by atoms with E-state index in [9.17, 15) is 9.90 Å². The Morgan fingerprint density at radius 2 is 2.46 bits per heavy atom. The molecule has 0 saturated heterocycles. The Morgan fingerprint density at radius 3 is 2.92 bits per heavy atom. The van der Waals surface area contributed by atoms with Gasteiger partial charge in [-0.05, 0) is 22.8 Å². The second-order valence-electron chi connectivity index (χ2n) is 2.62. The maximum absolute atomic E-state index is 10.8. The third-order valence-electron chi connectivity index (χ3n) is 1.79. The topological polar surface area (TPSA) is 88.9 Å². The monoisotopic (exact) mass is 180 g/mol. The molecule has 6 nitrogen and oxygen atoms in total. The summed E-state index contributed by atoms with van der Waals surface area (Å²) in [5.74, 6) is 0. The first-order valence-electron chi connectivity index (χ1n) is 3.65. The number of hydrogen-bond acceptors (Lipinski definition) is 3. The molecule has 0 saturated carbocycles. The van der Waals surface area contributed by atoms with Crippen molar-refractivity contribution in [1.29, 1.82) is 0 Å². The quantitative estimate of drug-likeness (QED) is 0.268. The van der Waals surface area contributed by atoms with Gasteiger partial charge in [0.15, 0.2) is 6.67 Å². The molecular weight excluding hydrogens is 172 g/mol. The molecule has 1 atom stereocenters. The summed E-state index contributed by atoms with van der Waals surface area (Å²) in [6.45, 7) is 0.0809. The van der Waals surface area contributed by atoms with Crippen molar-refractivity contribution in [2.45, 2.75) is 0 Å². The SMILES string of the molecule is [N-]=[N+]=NC[N+]1(C(=O)[O-])C=CC=CC1. The van der Waals surface area contributed by atoms with E-state index in [1.165, 1.54) is 6.20 Å². The normalized spacial score (nSPS) is 25.2. The molecule has 0 fully saturated rings. The number of azide groups is 1. The van der Waals surface area contributed by atoms with E-state index < -0.39 is 10.6 Å². The first-order chi connectivity index (χ1) is 6.21. The van der Waals surface area contributed by atoms with E-state index in [0.717, 1.165) is 0 Å². The highest BCUT2D eigenvalue weighted by Gasteiger charge is 2.26. The van der Waals surface area contributed by atoms with E-state index in [0.29, 0.717) is 0 Å². The van der Waals surface area contributed by atoms with Crippen LogP contribution in [0, 0.1) is 0 Å². The summed E-state index contributed by atoms with van der Waals surface area (Å²) in [5.41, 5.74) is 8.09. The van der Waals surface area contributed by atoms with Gasteiger partial charge in [0.1, 0.15) is 12.7 Å². The first kappa shape index (κ1) is 9.31. The summed E-state index contributed by atoms with van der Waals surface area (Å²) < 4.78 is -0.472. The summed E-state index contributed by atoms with van der Waals surface area (Å²) >= 11 is 0. The Hall–Kier alpha value is -1.78. The fourth-order valence-corrected chi connectivity index (χ4v) is 1.04. The van der Waals surface area contributed by atoms with Crippen LogP contribution in [0.5, 0.6) is 0 Å². The van der Waals surface area contributed by atoms with Gasteiger partial charge >= 0.3 is 0 Å². The van der Waals surface area contributed by atoms with Crippen molar-refractivity contribution in [3.05, 3.63) is 34.9 Å². The van der Waals surface area contributed by atoms with Crippen LogP contribution in [0.1, 0.15) is 0 Å². The molecule has 0 N–H and O–H groups in total. The van der Waals surface area contributed by atoms with Crippen LogP contribution in [0.3, 0.4) is 0 Å². The highest BCUT2D eigenvalue weighted by atomic mass is 16.4. The highest BCUT2D eigenvalue weighted by molar-refractivity contribution is 5.55. The molecule has 0 spiro atoms. The largest absolute Gasteiger partial charge is 0.498 e. The van der Waals surface area contributed by atoms with Gasteiger partial charge in [-0.3, -0.25) is 0 Å². The maximum atomic E-state index is 10.8. The molecule has 1 rings (SSSR count). The van der Waals surface area contributed by atoms with Crippen molar-refractivity contribution >= 4 is 6.09 Å². The van der Waals surface area contributed by atoms with Gasteiger partial charge in [0, 0.05) is 4.91 Å². The van der Waals surface area contributed by atoms with Crippen LogP contribution in [0.25, 0.3) is 10.4 Å². The van der Waals surface area contributed by atoms with Crippen LogP contribution < -0.4 is 5.11 Å². The molecular formula is C7H8N4O2. The fourth-order valence-electron chi connectivity index (χ4n) is 1.04. The van der Waals surface area contributed by atoms with Crippen LogP contribution in [0.2, 0.25) is 0 Å². The summed E-state index contributed by atoms with van der Waals surface area (Å²) in [6, 6.07) is 0. The van der Waals surface area contributed by atoms with Gasteiger partial charge in [0.2, 0.25) is 0 Å². The minimum absolute atomic E-state index is 0.167. The third kappa shape index (κ3) is 1.87. The van der Waals surface area contributed by atoms with Crippen molar-refractivity contribution in [1.82, 2.24) is 0 Å². The molecule has 68 valence electrons. The summed E-state index contributed by atoms with van der Waals surface area (Å²) in [7, 11) is 0. The van der Waals surface area contributed by atoms with Crippen LogP contribution in [0.15, 0.2) is 29.5 Å². The zero-order valence-electron chi connectivity index (χ0n) is 6.83. The second kappa shape index (κ2) is 3.75. The van der Waals surface area contributed by atoms with Gasteiger partial charge in [0.25, 0.3) is 6.09 Å². The number of rotatable bonds is 2. The predicted molar refractivity (Wildman–Crippen MR) is 42.8 cm³/mol. The lowest BCUT2D eigenvalue weighted by atomic mass is 10.3. The predicted octanol–water partition coefficient (Wildman–Crippen LogP) is 0.498. The Kier molecular flexibility index (Phi) is 2.69. The van der Waals surface area contributed by atoms with Crippen molar-refractivity contribution in [2.75, 3.05) is 13.2 Å². The smallest absolute Gasteiger partial charge is 0.262 e. The van der Waals surface area contributed by atoms with E-state index in [1.807, 2.05) is 0 Å². The highest BCUT2D eigenvalue weighted by Crippen LogP contribution is 2.12. The molecule has 0 aromatic rings. The number of carbonyl (C=O) groups is 1. The van der Waals surface area contributed by atoms with Crippen molar-refractivity contribution in [2.24, 2.45) is 5.11 Å². The molecule has 1 aliphatic rings.